The van der Waals surface area contributed by atoms with Gasteiger partial charge in [-0.2, -0.15) is 0 Å². The van der Waals surface area contributed by atoms with E-state index in [1.54, 1.807) is 0 Å². The van der Waals surface area contributed by atoms with Gasteiger partial charge in [-0.25, -0.2) is 12.8 Å². The monoisotopic (exact) mass is 596 g/mol. The van der Waals surface area contributed by atoms with Crippen molar-refractivity contribution in [3.63, 3.8) is 0 Å². The fraction of sp³-hybridized carbons (Fsp3) is 0.424. The summed E-state index contributed by atoms with van der Waals surface area (Å²) in [7, 11) is -1.59. The lowest BCUT2D eigenvalue weighted by molar-refractivity contribution is -0.141. The number of rotatable bonds is 11. The second kappa shape index (κ2) is 12.3. The van der Waals surface area contributed by atoms with E-state index in [9.17, 15) is 13.2 Å². The lowest BCUT2D eigenvalue weighted by Gasteiger charge is -2.19. The lowest BCUT2D eigenvalue weighted by atomic mass is 9.90. The van der Waals surface area contributed by atoms with Gasteiger partial charge < -0.3 is 18.9 Å². The molecular formula is C33H37FO7S. The third-order valence-corrected chi connectivity index (χ3v) is 9.05. The molecule has 2 aliphatic rings. The SMILES string of the molecule is COC(=O)CC1COc2cc(OC3CCc4c(-c5c(C)cc(OCCCCS(C)(=O)=O)cc5C)ccc(F)c43)ccc21. The number of unbranched alkanes of at least 4 members (excludes halogenated alkanes) is 1. The molecule has 9 heteroatoms. The Morgan fingerprint density at radius 2 is 1.81 bits per heavy atom. The average Bonchev–Trinajstić information content (AvgIpc) is 3.53. The van der Waals surface area contributed by atoms with Crippen LogP contribution in [0.1, 0.15) is 65.5 Å². The molecular weight excluding hydrogens is 559 g/mol. The number of carbonyl (C=O) groups excluding carboxylic acids is 1. The van der Waals surface area contributed by atoms with Crippen LogP contribution in [0.15, 0.2) is 42.5 Å². The van der Waals surface area contributed by atoms with E-state index in [1.807, 2.05) is 50.2 Å². The summed E-state index contributed by atoms with van der Waals surface area (Å²) in [5.41, 5.74) is 6.58. The number of benzene rings is 3. The van der Waals surface area contributed by atoms with E-state index in [0.717, 1.165) is 39.1 Å². The Labute approximate surface area is 246 Å². The summed E-state index contributed by atoms with van der Waals surface area (Å²) in [6.45, 7) is 4.90. The summed E-state index contributed by atoms with van der Waals surface area (Å²) in [6.07, 6.45) is 3.63. The molecule has 0 saturated carbocycles. The molecule has 42 heavy (non-hydrogen) atoms. The number of esters is 1. The molecule has 3 aromatic rings. The van der Waals surface area contributed by atoms with Crippen LogP contribution in [0, 0.1) is 19.7 Å². The van der Waals surface area contributed by atoms with Crippen molar-refractivity contribution in [2.75, 3.05) is 32.3 Å². The van der Waals surface area contributed by atoms with Crippen molar-refractivity contribution < 1.29 is 36.6 Å². The average molecular weight is 597 g/mol. The van der Waals surface area contributed by atoms with Crippen LogP contribution >= 0.6 is 0 Å². The number of hydrogen-bond acceptors (Lipinski definition) is 7. The van der Waals surface area contributed by atoms with Gasteiger partial charge in [0.1, 0.15) is 39.0 Å². The topological polar surface area (TPSA) is 88.1 Å². The highest BCUT2D eigenvalue weighted by Crippen LogP contribution is 2.45. The van der Waals surface area contributed by atoms with Crippen molar-refractivity contribution in [3.8, 4) is 28.4 Å². The fourth-order valence-electron chi connectivity index (χ4n) is 6.06. The van der Waals surface area contributed by atoms with Crippen molar-refractivity contribution in [1.29, 1.82) is 0 Å². The molecule has 2 atom stereocenters. The molecule has 0 aromatic heterocycles. The van der Waals surface area contributed by atoms with Gasteiger partial charge in [-0.1, -0.05) is 12.1 Å². The lowest BCUT2D eigenvalue weighted by Crippen LogP contribution is -2.09. The van der Waals surface area contributed by atoms with E-state index in [0.29, 0.717) is 56.0 Å². The van der Waals surface area contributed by atoms with E-state index >= 15 is 4.39 Å². The first-order valence-electron chi connectivity index (χ1n) is 14.3. The van der Waals surface area contributed by atoms with E-state index < -0.39 is 15.9 Å². The minimum atomic E-state index is -2.97. The second-order valence-corrected chi connectivity index (χ2v) is 13.5. The van der Waals surface area contributed by atoms with Crippen LogP contribution in [0.25, 0.3) is 11.1 Å². The van der Waals surface area contributed by atoms with E-state index in [2.05, 4.69) is 0 Å². The Bertz CT molecular complexity index is 1580. The number of aryl methyl sites for hydroxylation is 2. The van der Waals surface area contributed by atoms with Crippen LogP contribution in [0.5, 0.6) is 17.2 Å². The maximum atomic E-state index is 15.3. The van der Waals surface area contributed by atoms with Crippen molar-refractivity contribution in [2.45, 2.75) is 58.0 Å². The second-order valence-electron chi connectivity index (χ2n) is 11.2. The van der Waals surface area contributed by atoms with Gasteiger partial charge >= 0.3 is 5.97 Å². The number of methoxy groups -OCH3 is 1. The molecule has 0 saturated heterocycles. The predicted octanol–water partition coefficient (Wildman–Crippen LogP) is 6.42. The maximum absolute atomic E-state index is 15.3. The molecule has 1 heterocycles. The molecule has 0 bridgehead atoms. The number of fused-ring (bicyclic) bond motifs is 2. The van der Waals surface area contributed by atoms with E-state index in [-0.39, 0.29) is 29.9 Å². The van der Waals surface area contributed by atoms with Crippen molar-refractivity contribution >= 4 is 15.8 Å². The number of halogens is 1. The van der Waals surface area contributed by atoms with Crippen LogP contribution in [0.4, 0.5) is 4.39 Å². The zero-order valence-electron chi connectivity index (χ0n) is 24.5. The van der Waals surface area contributed by atoms with Gasteiger partial charge in [0.05, 0.1) is 32.5 Å². The van der Waals surface area contributed by atoms with Gasteiger partial charge in [0.25, 0.3) is 0 Å². The number of sulfone groups is 1. The van der Waals surface area contributed by atoms with E-state index in [4.69, 9.17) is 18.9 Å². The molecule has 0 spiro atoms. The van der Waals surface area contributed by atoms with Crippen LogP contribution in [-0.4, -0.2) is 46.7 Å². The summed E-state index contributed by atoms with van der Waals surface area (Å²) in [5.74, 6) is 1.55. The highest BCUT2D eigenvalue weighted by Gasteiger charge is 2.32. The van der Waals surface area contributed by atoms with Crippen LogP contribution in [-0.2, 0) is 25.8 Å². The largest absolute Gasteiger partial charge is 0.494 e. The molecule has 0 fully saturated rings. The molecule has 0 radical (unpaired) electrons. The van der Waals surface area contributed by atoms with Gasteiger partial charge in [-0.3, -0.25) is 4.79 Å². The number of hydrogen-bond donors (Lipinski definition) is 0. The Kier molecular flexibility index (Phi) is 8.78. The number of ether oxygens (including phenoxy) is 4. The molecule has 3 aromatic carbocycles. The zero-order valence-corrected chi connectivity index (χ0v) is 25.3. The molecule has 224 valence electrons. The molecule has 0 amide bonds. The first-order valence-corrected chi connectivity index (χ1v) is 16.3. The first-order chi connectivity index (χ1) is 20.0. The third kappa shape index (κ3) is 6.56. The summed E-state index contributed by atoms with van der Waals surface area (Å²) >= 11 is 0. The summed E-state index contributed by atoms with van der Waals surface area (Å²) < 4.78 is 60.9. The summed E-state index contributed by atoms with van der Waals surface area (Å²) in [6, 6.07) is 12.9. The van der Waals surface area contributed by atoms with Crippen molar-refractivity contribution in [2.24, 2.45) is 0 Å². The standard InChI is InChI=1S/C33H37FO7S/c1-20-15-24(39-13-5-6-14-42(4,36)37)16-21(2)32(20)26-9-11-28(34)33-27(26)10-12-29(33)41-23-7-8-25-22(17-31(35)38-3)19-40-30(25)18-23/h7-9,11,15-16,18,22,29H,5-6,10,12-14,17,19H2,1-4H3. The van der Waals surface area contributed by atoms with Crippen LogP contribution in [0.2, 0.25) is 0 Å². The summed E-state index contributed by atoms with van der Waals surface area (Å²) in [4.78, 5) is 11.7. The summed E-state index contributed by atoms with van der Waals surface area (Å²) in [5, 5.41) is 0. The van der Waals surface area contributed by atoms with Gasteiger partial charge in [-0.05, 0) is 91.6 Å². The zero-order chi connectivity index (χ0) is 30.0. The Hall–Kier alpha value is -3.59. The smallest absolute Gasteiger partial charge is 0.306 e. The molecule has 0 N–H and O–H groups in total. The Balaban J connectivity index is 1.32. The molecule has 1 aliphatic heterocycles. The highest BCUT2D eigenvalue weighted by atomic mass is 32.2. The highest BCUT2D eigenvalue weighted by molar-refractivity contribution is 7.90. The van der Waals surface area contributed by atoms with Crippen LogP contribution < -0.4 is 14.2 Å². The Morgan fingerprint density at radius 1 is 1.05 bits per heavy atom. The minimum Gasteiger partial charge on any atom is -0.494 e. The quantitative estimate of drug-likeness (QED) is 0.187. The maximum Gasteiger partial charge on any atom is 0.306 e. The molecule has 5 rings (SSSR count). The Morgan fingerprint density at radius 3 is 2.52 bits per heavy atom. The predicted molar refractivity (Wildman–Crippen MR) is 159 cm³/mol. The van der Waals surface area contributed by atoms with Gasteiger partial charge in [0, 0.05) is 29.4 Å². The fourth-order valence-corrected chi connectivity index (χ4v) is 6.79. The molecule has 7 nitrogen and oxygen atoms in total. The van der Waals surface area contributed by atoms with E-state index in [1.165, 1.54) is 19.4 Å². The van der Waals surface area contributed by atoms with Crippen LogP contribution in [0.3, 0.4) is 0 Å². The van der Waals surface area contributed by atoms with Crippen molar-refractivity contribution in [1.82, 2.24) is 0 Å². The molecule has 1 aliphatic carbocycles. The first kappa shape index (κ1) is 29.9. The van der Waals surface area contributed by atoms with Gasteiger partial charge in [0.15, 0.2) is 0 Å². The third-order valence-electron chi connectivity index (χ3n) is 8.02. The normalized spacial score (nSPS) is 17.4. The van der Waals surface area contributed by atoms with Crippen molar-refractivity contribution in [3.05, 3.63) is 76.1 Å². The molecule has 2 unspecified atom stereocenters. The van der Waals surface area contributed by atoms with Gasteiger partial charge in [-0.15, -0.1) is 0 Å². The number of carbonyl (C=O) groups is 1. The van der Waals surface area contributed by atoms with Gasteiger partial charge in [0.2, 0.25) is 0 Å². The minimum absolute atomic E-state index is 0.0585.